The molecule has 0 bridgehead atoms. The van der Waals surface area contributed by atoms with Crippen molar-refractivity contribution in [2.45, 2.75) is 51.0 Å². The summed E-state index contributed by atoms with van der Waals surface area (Å²) >= 11 is 0. The molecule has 2 heterocycles. The van der Waals surface area contributed by atoms with Crippen molar-refractivity contribution in [1.29, 1.82) is 0 Å². The quantitative estimate of drug-likeness (QED) is 0.484. The lowest BCUT2D eigenvalue weighted by molar-refractivity contribution is 0.102. The highest BCUT2D eigenvalue weighted by Crippen LogP contribution is 2.31. The second kappa shape index (κ2) is 10.6. The minimum atomic E-state index is -3.66. The molecule has 0 aliphatic carbocycles. The Morgan fingerprint density at radius 3 is 2.37 bits per heavy atom. The number of ether oxygens (including phenoxy) is 1. The maximum atomic E-state index is 13.2. The van der Waals surface area contributed by atoms with E-state index in [9.17, 15) is 13.2 Å². The van der Waals surface area contributed by atoms with E-state index in [1.807, 2.05) is 44.2 Å². The highest BCUT2D eigenvalue weighted by Gasteiger charge is 2.27. The van der Waals surface area contributed by atoms with Crippen LogP contribution in [0.5, 0.6) is 5.75 Å². The molecule has 4 rings (SSSR count). The van der Waals surface area contributed by atoms with Gasteiger partial charge >= 0.3 is 0 Å². The summed E-state index contributed by atoms with van der Waals surface area (Å²) in [5, 5.41) is 2.86. The number of benzene rings is 2. The number of carbonyl (C=O) groups excluding carboxylic acids is 1. The van der Waals surface area contributed by atoms with Gasteiger partial charge in [-0.1, -0.05) is 36.8 Å². The van der Waals surface area contributed by atoms with Gasteiger partial charge in [-0.15, -0.1) is 0 Å². The number of rotatable bonds is 7. The minimum absolute atomic E-state index is 0.139. The number of sulfonamides is 1. The first-order valence-electron chi connectivity index (χ1n) is 11.9. The van der Waals surface area contributed by atoms with E-state index in [0.29, 0.717) is 35.8 Å². The van der Waals surface area contributed by atoms with E-state index >= 15 is 0 Å². The Labute approximate surface area is 207 Å². The van der Waals surface area contributed by atoms with Crippen LogP contribution in [-0.4, -0.2) is 42.8 Å². The molecule has 1 aliphatic rings. The molecule has 1 aliphatic heterocycles. The summed E-state index contributed by atoms with van der Waals surface area (Å²) in [6, 6.07) is 17.9. The maximum absolute atomic E-state index is 13.2. The van der Waals surface area contributed by atoms with E-state index in [2.05, 4.69) is 10.3 Å². The fourth-order valence-electron chi connectivity index (χ4n) is 4.14. The standard InChI is InChI=1S/C27H31N3O4S/c1-19(2)34-26-15-12-22(35(32,33)30-16-8-5-9-17-30)18-25(26)29-27(31)23-13-14-24(28-20(23)3)21-10-6-4-7-11-21/h4,6-7,10-15,18-19H,5,8-9,16-17H2,1-3H3,(H,29,31). The van der Waals surface area contributed by atoms with Gasteiger partial charge in [0.05, 0.1) is 33.6 Å². The predicted octanol–water partition coefficient (Wildman–Crippen LogP) is 5.27. The van der Waals surface area contributed by atoms with Crippen molar-refractivity contribution in [2.75, 3.05) is 18.4 Å². The van der Waals surface area contributed by atoms with Gasteiger partial charge in [0.1, 0.15) is 5.75 Å². The molecule has 0 radical (unpaired) electrons. The molecule has 184 valence electrons. The first kappa shape index (κ1) is 24.9. The molecule has 3 aromatic rings. The van der Waals surface area contributed by atoms with Crippen molar-refractivity contribution in [3.8, 4) is 17.0 Å². The molecule has 2 aromatic carbocycles. The zero-order chi connectivity index (χ0) is 25.0. The van der Waals surface area contributed by atoms with Crippen molar-refractivity contribution in [3.63, 3.8) is 0 Å². The summed E-state index contributed by atoms with van der Waals surface area (Å²) < 4.78 is 33.8. The third-order valence-electron chi connectivity index (χ3n) is 5.91. The third kappa shape index (κ3) is 5.71. The summed E-state index contributed by atoms with van der Waals surface area (Å²) in [4.78, 5) is 18.0. The van der Waals surface area contributed by atoms with Crippen molar-refractivity contribution < 1.29 is 17.9 Å². The fraction of sp³-hybridized carbons (Fsp3) is 0.333. The van der Waals surface area contributed by atoms with Crippen LogP contribution >= 0.6 is 0 Å². The second-order valence-electron chi connectivity index (χ2n) is 8.94. The van der Waals surface area contributed by atoms with Crippen molar-refractivity contribution in [3.05, 3.63) is 71.9 Å². The smallest absolute Gasteiger partial charge is 0.257 e. The van der Waals surface area contributed by atoms with E-state index in [4.69, 9.17) is 4.74 Å². The number of amides is 1. The van der Waals surface area contributed by atoms with Crippen LogP contribution in [0.4, 0.5) is 5.69 Å². The van der Waals surface area contributed by atoms with Crippen LogP contribution < -0.4 is 10.1 Å². The van der Waals surface area contributed by atoms with Crippen LogP contribution in [0.1, 0.15) is 49.2 Å². The molecule has 7 nitrogen and oxygen atoms in total. The van der Waals surface area contributed by atoms with Gasteiger partial charge in [-0.3, -0.25) is 9.78 Å². The number of hydrogen-bond acceptors (Lipinski definition) is 5. The number of pyridine rings is 1. The molecular weight excluding hydrogens is 462 g/mol. The molecule has 35 heavy (non-hydrogen) atoms. The molecule has 1 fully saturated rings. The number of carbonyl (C=O) groups is 1. The monoisotopic (exact) mass is 493 g/mol. The molecule has 8 heteroatoms. The van der Waals surface area contributed by atoms with E-state index in [1.54, 1.807) is 31.2 Å². The average molecular weight is 494 g/mol. The average Bonchev–Trinajstić information content (AvgIpc) is 2.85. The summed E-state index contributed by atoms with van der Waals surface area (Å²) in [5.74, 6) is 0.0354. The van der Waals surface area contributed by atoms with Crippen LogP contribution in [0.2, 0.25) is 0 Å². The van der Waals surface area contributed by atoms with Gasteiger partial charge in [-0.2, -0.15) is 4.31 Å². The Hall–Kier alpha value is -3.23. The summed E-state index contributed by atoms with van der Waals surface area (Å²) in [7, 11) is -3.66. The van der Waals surface area contributed by atoms with Crippen LogP contribution in [0, 0.1) is 6.92 Å². The molecule has 1 amide bonds. The second-order valence-corrected chi connectivity index (χ2v) is 10.9. The number of piperidine rings is 1. The number of aryl methyl sites for hydroxylation is 1. The van der Waals surface area contributed by atoms with Gasteiger partial charge in [0.15, 0.2) is 0 Å². The fourth-order valence-corrected chi connectivity index (χ4v) is 5.68. The van der Waals surface area contributed by atoms with Gasteiger partial charge in [0.25, 0.3) is 5.91 Å². The van der Waals surface area contributed by atoms with Crippen LogP contribution in [0.15, 0.2) is 65.6 Å². The Morgan fingerprint density at radius 1 is 1.00 bits per heavy atom. The highest BCUT2D eigenvalue weighted by atomic mass is 32.2. The van der Waals surface area contributed by atoms with Crippen molar-refractivity contribution in [2.24, 2.45) is 0 Å². The summed E-state index contributed by atoms with van der Waals surface area (Å²) in [5.41, 5.74) is 3.04. The number of aromatic nitrogens is 1. The van der Waals surface area contributed by atoms with Gasteiger partial charge in [-0.25, -0.2) is 8.42 Å². The molecule has 1 saturated heterocycles. The molecule has 0 atom stereocenters. The number of nitrogens with one attached hydrogen (secondary N) is 1. The van der Waals surface area contributed by atoms with Crippen molar-refractivity contribution >= 4 is 21.6 Å². The van der Waals surface area contributed by atoms with Crippen LogP contribution in [0.3, 0.4) is 0 Å². The lowest BCUT2D eigenvalue weighted by atomic mass is 10.1. The van der Waals surface area contributed by atoms with Crippen LogP contribution in [0.25, 0.3) is 11.3 Å². The van der Waals surface area contributed by atoms with Gasteiger partial charge in [0.2, 0.25) is 10.0 Å². The van der Waals surface area contributed by atoms with E-state index in [0.717, 1.165) is 30.5 Å². The molecule has 1 N–H and O–H groups in total. The van der Waals surface area contributed by atoms with Crippen LogP contribution in [-0.2, 0) is 10.0 Å². The lowest BCUT2D eigenvalue weighted by Gasteiger charge is -2.26. The lowest BCUT2D eigenvalue weighted by Crippen LogP contribution is -2.35. The largest absolute Gasteiger partial charge is 0.489 e. The Bertz CT molecular complexity index is 1300. The Kier molecular flexibility index (Phi) is 7.52. The zero-order valence-corrected chi connectivity index (χ0v) is 21.1. The molecule has 0 unspecified atom stereocenters. The predicted molar refractivity (Wildman–Crippen MR) is 137 cm³/mol. The van der Waals surface area contributed by atoms with Gasteiger partial charge < -0.3 is 10.1 Å². The maximum Gasteiger partial charge on any atom is 0.257 e. The Morgan fingerprint density at radius 2 is 1.71 bits per heavy atom. The SMILES string of the molecule is Cc1nc(-c2ccccc2)ccc1C(=O)Nc1cc(S(=O)(=O)N2CCCCC2)ccc1OC(C)C. The molecule has 0 saturated carbocycles. The Balaban J connectivity index is 1.64. The topological polar surface area (TPSA) is 88.6 Å². The molecule has 0 spiro atoms. The molecular formula is C27H31N3O4S. The van der Waals surface area contributed by atoms with E-state index < -0.39 is 10.0 Å². The van der Waals surface area contributed by atoms with Crippen molar-refractivity contribution in [1.82, 2.24) is 9.29 Å². The normalized spacial score (nSPS) is 14.6. The summed E-state index contributed by atoms with van der Waals surface area (Å²) in [6.45, 7) is 6.55. The van der Waals surface area contributed by atoms with Gasteiger partial charge in [-0.05, 0) is 63.9 Å². The van der Waals surface area contributed by atoms with Gasteiger partial charge in [0, 0.05) is 18.7 Å². The number of anilines is 1. The molecule has 1 aromatic heterocycles. The third-order valence-corrected chi connectivity index (χ3v) is 7.81. The first-order chi connectivity index (χ1) is 16.8. The summed E-state index contributed by atoms with van der Waals surface area (Å²) in [6.07, 6.45) is 2.58. The highest BCUT2D eigenvalue weighted by molar-refractivity contribution is 7.89. The van der Waals surface area contributed by atoms with E-state index in [1.165, 1.54) is 10.4 Å². The van der Waals surface area contributed by atoms with E-state index in [-0.39, 0.29) is 16.9 Å². The zero-order valence-electron chi connectivity index (χ0n) is 20.3. The number of nitrogens with zero attached hydrogens (tertiary/aromatic N) is 2. The minimum Gasteiger partial charge on any atom is -0.489 e. The number of hydrogen-bond donors (Lipinski definition) is 1. The first-order valence-corrected chi connectivity index (χ1v) is 13.3.